The van der Waals surface area contributed by atoms with E-state index in [4.69, 9.17) is 19.2 Å². The van der Waals surface area contributed by atoms with Crippen LogP contribution >= 0.6 is 11.8 Å². The summed E-state index contributed by atoms with van der Waals surface area (Å²) in [7, 11) is 3.60. The Kier molecular flexibility index (Phi) is 15.4. The van der Waals surface area contributed by atoms with Crippen LogP contribution in [0.15, 0.2) is 47.0 Å². The average molecular weight is 719 g/mol. The number of hydrogen-bond acceptors (Lipinski definition) is 11. The van der Waals surface area contributed by atoms with Crippen molar-refractivity contribution in [3.63, 3.8) is 0 Å². The molecule has 1 saturated heterocycles. The molecule has 3 aliphatic rings. The number of hydrogen-bond donors (Lipinski definition) is 4. The van der Waals surface area contributed by atoms with E-state index in [9.17, 15) is 25.2 Å². The molecule has 14 atom stereocenters. The number of ether oxygens (including phenoxy) is 3. The van der Waals surface area contributed by atoms with Gasteiger partial charge in [0, 0.05) is 35.0 Å². The number of carbonyl (C=O) groups excluding carboxylic acids is 1. The van der Waals surface area contributed by atoms with Crippen LogP contribution in [0, 0.1) is 23.7 Å². The summed E-state index contributed by atoms with van der Waals surface area (Å²) < 4.78 is 18.6. The van der Waals surface area contributed by atoms with Crippen molar-refractivity contribution in [2.45, 2.75) is 134 Å². The summed E-state index contributed by atoms with van der Waals surface area (Å²) in [5.74, 6) is -0.637. The van der Waals surface area contributed by atoms with Crippen molar-refractivity contribution in [3.8, 4) is 0 Å². The molecule has 0 spiro atoms. The molecule has 1 aromatic carbocycles. The zero-order chi connectivity index (χ0) is 36.7. The van der Waals surface area contributed by atoms with E-state index in [1.165, 1.54) is 5.56 Å². The van der Waals surface area contributed by atoms with E-state index in [0.717, 1.165) is 29.9 Å². The second kappa shape index (κ2) is 18.8. The van der Waals surface area contributed by atoms with Crippen LogP contribution in [0.5, 0.6) is 0 Å². The van der Waals surface area contributed by atoms with Crippen LogP contribution < -0.4 is 0 Å². The first-order chi connectivity index (χ1) is 23.7. The first-order valence-corrected chi connectivity index (χ1v) is 19.5. The molecule has 0 aliphatic carbocycles. The van der Waals surface area contributed by atoms with Crippen LogP contribution in [0.25, 0.3) is 0 Å². The molecule has 6 unspecified atom stereocenters. The summed E-state index contributed by atoms with van der Waals surface area (Å²) >= 11 is 1.90. The fraction of sp³-hybridized carbons (Fsp3) is 0.744. The predicted molar refractivity (Wildman–Crippen MR) is 198 cm³/mol. The van der Waals surface area contributed by atoms with Crippen molar-refractivity contribution in [1.82, 2.24) is 4.90 Å². The smallest absolute Gasteiger partial charge is 0.308 e. The molecular weight excluding hydrogens is 657 g/mol. The molecule has 0 aromatic heterocycles. The number of nitrogens with zero attached hydrogens (tertiary/aromatic N) is 2. The van der Waals surface area contributed by atoms with E-state index in [-0.39, 0.29) is 42.1 Å². The van der Waals surface area contributed by atoms with Crippen LogP contribution in [0.3, 0.4) is 0 Å². The molecule has 1 aromatic rings. The molecular formula is C39H62N2O8S. The zero-order valence-corrected chi connectivity index (χ0v) is 32.0. The third-order valence-corrected chi connectivity index (χ3v) is 12.5. The topological polar surface area (TPSA) is 141 Å². The van der Waals surface area contributed by atoms with E-state index in [1.54, 1.807) is 25.9 Å². The SMILES string of the molecule is CC[C@H]1OC(=O)C[C@@H](O)[C@H](C)[C@@H](OC2OC(C)C(O)C(N(C)C)C2O)[C@@H](C)C[C@@H](C)C2=NC(Cc3ccccc3)CS[C@H](C2)/C(C)=C/[C@@H]1CO. The summed E-state index contributed by atoms with van der Waals surface area (Å²) in [5, 5.41) is 44.3. The number of cyclic esters (lactones) is 1. The quantitative estimate of drug-likeness (QED) is 0.239. The second-order valence-electron chi connectivity index (χ2n) is 15.2. The number of fused-ring (bicyclic) bond motifs is 2. The van der Waals surface area contributed by atoms with E-state index in [2.05, 4.69) is 51.1 Å². The largest absolute Gasteiger partial charge is 0.462 e. The summed E-state index contributed by atoms with van der Waals surface area (Å²) in [4.78, 5) is 20.5. The monoisotopic (exact) mass is 718 g/mol. The standard InChI is InChI=1S/C39H62N2O8S/c1-9-32-28(20-42)16-23(3)33-18-30(40-29(21-50-33)17-27-13-11-10-12-14-27)22(2)15-24(4)38(25(5)31(43)19-34(44)48-32)49-39-37(46)35(41(7)8)36(45)26(6)47-39/h10-14,16,22,24-26,28-29,31-33,35-39,42-43,45-46H,9,15,17-21H2,1-8H3/b23-16+/t22-,24+,25+,26?,28-,29?,31-,32-,33-,35?,36?,37?,38+,39?/m1/s1. The minimum atomic E-state index is -1.14. The van der Waals surface area contributed by atoms with Gasteiger partial charge in [0.05, 0.1) is 49.5 Å². The Bertz CT molecular complexity index is 1280. The van der Waals surface area contributed by atoms with Crippen LogP contribution in [-0.2, 0) is 25.4 Å². The fourth-order valence-corrected chi connectivity index (χ4v) is 9.17. The number of aliphatic imine (C=N–C) groups is 1. The van der Waals surface area contributed by atoms with E-state index >= 15 is 0 Å². The van der Waals surface area contributed by atoms with Crippen molar-refractivity contribution in [3.05, 3.63) is 47.5 Å². The molecule has 2 bridgehead atoms. The highest BCUT2D eigenvalue weighted by atomic mass is 32.2. The van der Waals surface area contributed by atoms with E-state index in [1.807, 2.05) is 31.7 Å². The van der Waals surface area contributed by atoms with Gasteiger partial charge in [0.25, 0.3) is 0 Å². The Morgan fingerprint density at radius 1 is 1.04 bits per heavy atom. The van der Waals surface area contributed by atoms with Crippen LogP contribution in [0.1, 0.15) is 72.8 Å². The molecule has 3 heterocycles. The Balaban J connectivity index is 1.72. The van der Waals surface area contributed by atoms with E-state index < -0.39 is 60.8 Å². The minimum absolute atomic E-state index is 0.0788. The number of rotatable bonds is 7. The Hall–Kier alpha value is -1.83. The fourth-order valence-electron chi connectivity index (χ4n) is 7.90. The van der Waals surface area contributed by atoms with Gasteiger partial charge in [-0.05, 0) is 64.6 Å². The zero-order valence-electron chi connectivity index (χ0n) is 31.2. The number of likely N-dealkylation sites (N-methyl/N-ethyl adjacent to an activating group) is 1. The van der Waals surface area contributed by atoms with Gasteiger partial charge in [-0.15, -0.1) is 0 Å². The summed E-state index contributed by atoms with van der Waals surface area (Å²) in [5.41, 5.74) is 3.52. The minimum Gasteiger partial charge on any atom is -0.462 e. The lowest BCUT2D eigenvalue weighted by Gasteiger charge is -2.46. The highest BCUT2D eigenvalue weighted by Crippen LogP contribution is 2.36. The van der Waals surface area contributed by atoms with Gasteiger partial charge in [-0.25, -0.2) is 0 Å². The highest BCUT2D eigenvalue weighted by molar-refractivity contribution is 8.00. The Morgan fingerprint density at radius 2 is 1.74 bits per heavy atom. The Morgan fingerprint density at radius 3 is 2.38 bits per heavy atom. The van der Waals surface area contributed by atoms with Crippen molar-refractivity contribution in [1.29, 1.82) is 0 Å². The third-order valence-electron chi connectivity index (χ3n) is 11.0. The van der Waals surface area contributed by atoms with Gasteiger partial charge < -0.3 is 39.5 Å². The lowest BCUT2D eigenvalue weighted by atomic mass is 9.81. The molecule has 282 valence electrons. The summed E-state index contributed by atoms with van der Waals surface area (Å²) in [6.45, 7) is 11.8. The normalized spacial score (nSPS) is 40.7. The molecule has 10 nitrogen and oxygen atoms in total. The maximum absolute atomic E-state index is 13.3. The van der Waals surface area contributed by atoms with Crippen LogP contribution in [0.4, 0.5) is 0 Å². The van der Waals surface area contributed by atoms with Gasteiger partial charge in [-0.1, -0.05) is 69.7 Å². The van der Waals surface area contributed by atoms with Gasteiger partial charge in [-0.2, -0.15) is 11.8 Å². The number of esters is 1. The number of aliphatic hydroxyl groups excluding tert-OH is 4. The van der Waals surface area contributed by atoms with Crippen LogP contribution in [-0.4, -0.2) is 124 Å². The molecule has 3 aliphatic heterocycles. The predicted octanol–water partition coefficient (Wildman–Crippen LogP) is 4.27. The lowest BCUT2D eigenvalue weighted by molar-refractivity contribution is -0.303. The molecule has 4 rings (SSSR count). The summed E-state index contributed by atoms with van der Waals surface area (Å²) in [6, 6.07) is 9.94. The summed E-state index contributed by atoms with van der Waals surface area (Å²) in [6.07, 6.45) is -1.31. The molecule has 0 saturated carbocycles. The number of carbonyl (C=O) groups is 1. The van der Waals surface area contributed by atoms with Crippen molar-refractivity contribution < 1.29 is 39.4 Å². The maximum atomic E-state index is 13.3. The van der Waals surface area contributed by atoms with E-state index in [0.29, 0.717) is 12.8 Å². The highest BCUT2D eigenvalue weighted by Gasteiger charge is 2.47. The van der Waals surface area contributed by atoms with Crippen molar-refractivity contribution in [2.75, 3.05) is 26.5 Å². The van der Waals surface area contributed by atoms with Gasteiger partial charge >= 0.3 is 5.97 Å². The molecule has 4 N–H and O–H groups in total. The van der Waals surface area contributed by atoms with Gasteiger partial charge in [0.15, 0.2) is 6.29 Å². The third kappa shape index (κ3) is 10.4. The van der Waals surface area contributed by atoms with Crippen LogP contribution in [0.2, 0.25) is 0 Å². The van der Waals surface area contributed by atoms with Gasteiger partial charge in [0.1, 0.15) is 12.2 Å². The Labute approximate surface area is 303 Å². The molecule has 50 heavy (non-hydrogen) atoms. The molecule has 11 heteroatoms. The lowest BCUT2D eigenvalue weighted by Crippen LogP contribution is -2.63. The van der Waals surface area contributed by atoms with Crippen molar-refractivity contribution >= 4 is 23.4 Å². The number of benzene rings is 1. The second-order valence-corrected chi connectivity index (χ2v) is 16.4. The maximum Gasteiger partial charge on any atom is 0.308 e. The molecule has 0 radical (unpaired) electrons. The number of aliphatic hydroxyl groups is 4. The first-order valence-electron chi connectivity index (χ1n) is 18.5. The number of thioether (sulfide) groups is 1. The average Bonchev–Trinajstić information content (AvgIpc) is 3.29. The van der Waals surface area contributed by atoms with Gasteiger partial charge in [-0.3, -0.25) is 9.79 Å². The molecule has 0 amide bonds. The first kappa shape index (κ1) is 40.9. The molecule has 1 fully saturated rings. The van der Waals surface area contributed by atoms with Crippen molar-refractivity contribution in [2.24, 2.45) is 28.7 Å². The van der Waals surface area contributed by atoms with Gasteiger partial charge in [0.2, 0.25) is 0 Å².